The van der Waals surface area contributed by atoms with Crippen LogP contribution >= 0.6 is 0 Å². The number of methoxy groups -OCH3 is 1. The zero-order valence-electron chi connectivity index (χ0n) is 21.3. The highest BCUT2D eigenvalue weighted by Crippen LogP contribution is 2.36. The van der Waals surface area contributed by atoms with E-state index in [4.69, 9.17) is 9.47 Å². The molecule has 36 heavy (non-hydrogen) atoms. The summed E-state index contributed by atoms with van der Waals surface area (Å²) in [4.78, 5) is 19.9. The minimum absolute atomic E-state index is 0.0585. The summed E-state index contributed by atoms with van der Waals surface area (Å²) in [5, 5.41) is 9.56. The van der Waals surface area contributed by atoms with Crippen LogP contribution in [0.2, 0.25) is 0 Å². The predicted molar refractivity (Wildman–Crippen MR) is 141 cm³/mol. The van der Waals surface area contributed by atoms with Gasteiger partial charge < -0.3 is 29.3 Å². The monoisotopic (exact) mass is 493 g/mol. The number of aliphatic hydroxyl groups is 1. The molecule has 0 bridgehead atoms. The largest absolute Gasteiger partial charge is 0.493 e. The van der Waals surface area contributed by atoms with Crippen molar-refractivity contribution in [2.45, 2.75) is 50.7 Å². The molecule has 2 heterocycles. The highest BCUT2D eigenvalue weighted by molar-refractivity contribution is 5.76. The summed E-state index contributed by atoms with van der Waals surface area (Å²) >= 11 is 0. The van der Waals surface area contributed by atoms with Crippen molar-refractivity contribution in [3.05, 3.63) is 54.1 Å². The molecule has 2 aromatic carbocycles. The first-order valence-electron chi connectivity index (χ1n) is 13.4. The number of likely N-dealkylation sites (tertiary alicyclic amines) is 1. The number of rotatable bonds is 7. The molecular formula is C29H39N3O4. The number of amides is 2. The molecule has 2 amide bonds. The Morgan fingerprint density at radius 3 is 2.50 bits per heavy atom. The van der Waals surface area contributed by atoms with Crippen molar-refractivity contribution < 1.29 is 19.4 Å². The SMILES string of the molecule is COc1ccc(N2CCN(C(=O)N3CC[C@@H](CO)C3)[C@@H](Cc3ccccc3)C2)cc1OC1CCCC1. The second-order valence-corrected chi connectivity index (χ2v) is 10.4. The van der Waals surface area contributed by atoms with E-state index in [2.05, 4.69) is 46.2 Å². The fraction of sp³-hybridized carbons (Fsp3) is 0.552. The van der Waals surface area contributed by atoms with Gasteiger partial charge in [-0.1, -0.05) is 30.3 Å². The summed E-state index contributed by atoms with van der Waals surface area (Å²) < 4.78 is 12.0. The van der Waals surface area contributed by atoms with Gasteiger partial charge in [0.05, 0.1) is 19.3 Å². The van der Waals surface area contributed by atoms with E-state index in [9.17, 15) is 9.90 Å². The standard InChI is InChI=1S/C29H39N3O4/c1-35-27-12-11-24(18-28(27)36-26-9-5-6-10-26)30-15-16-32(29(34)31-14-13-23(19-31)21-33)25(20-30)17-22-7-3-2-4-8-22/h2-4,7-8,11-12,18,23,25-26,33H,5-6,9-10,13-17,19-21H2,1H3/t23-,25+/m1/s1. The fourth-order valence-electron chi connectivity index (χ4n) is 5.88. The maximum atomic E-state index is 13.6. The molecule has 2 saturated heterocycles. The van der Waals surface area contributed by atoms with Gasteiger partial charge in [0.15, 0.2) is 11.5 Å². The van der Waals surface area contributed by atoms with Crippen LogP contribution in [0, 0.1) is 5.92 Å². The number of urea groups is 1. The molecular weight excluding hydrogens is 454 g/mol. The van der Waals surface area contributed by atoms with Crippen LogP contribution in [-0.2, 0) is 6.42 Å². The number of carbonyl (C=O) groups is 1. The van der Waals surface area contributed by atoms with Crippen LogP contribution in [0.3, 0.4) is 0 Å². The van der Waals surface area contributed by atoms with E-state index in [1.54, 1.807) is 7.11 Å². The number of hydrogen-bond donors (Lipinski definition) is 1. The third kappa shape index (κ3) is 5.56. The molecule has 0 spiro atoms. The van der Waals surface area contributed by atoms with Crippen molar-refractivity contribution in [2.75, 3.05) is 51.3 Å². The minimum atomic E-state index is 0.0585. The molecule has 0 aromatic heterocycles. The number of aliphatic hydroxyl groups excluding tert-OH is 1. The first-order chi connectivity index (χ1) is 17.6. The third-order valence-electron chi connectivity index (χ3n) is 7.97. The van der Waals surface area contributed by atoms with Crippen LogP contribution in [0.1, 0.15) is 37.7 Å². The molecule has 0 unspecified atom stereocenters. The van der Waals surface area contributed by atoms with Gasteiger partial charge >= 0.3 is 6.03 Å². The Morgan fingerprint density at radius 2 is 1.78 bits per heavy atom. The lowest BCUT2D eigenvalue weighted by Gasteiger charge is -2.44. The maximum Gasteiger partial charge on any atom is 0.320 e. The Hall–Kier alpha value is -2.93. The average molecular weight is 494 g/mol. The molecule has 194 valence electrons. The summed E-state index contributed by atoms with van der Waals surface area (Å²) in [6.07, 6.45) is 6.59. The van der Waals surface area contributed by atoms with E-state index in [0.29, 0.717) is 13.1 Å². The Labute approximate surface area is 214 Å². The molecule has 7 nitrogen and oxygen atoms in total. The van der Waals surface area contributed by atoms with Crippen molar-refractivity contribution >= 4 is 11.7 Å². The van der Waals surface area contributed by atoms with E-state index in [1.165, 1.54) is 18.4 Å². The number of nitrogens with zero attached hydrogens (tertiary/aromatic N) is 3. The van der Waals surface area contributed by atoms with E-state index < -0.39 is 0 Å². The number of piperazine rings is 1. The maximum absolute atomic E-state index is 13.6. The normalized spacial score (nSPS) is 22.8. The van der Waals surface area contributed by atoms with Crippen molar-refractivity contribution in [3.63, 3.8) is 0 Å². The van der Waals surface area contributed by atoms with Crippen molar-refractivity contribution in [1.29, 1.82) is 0 Å². The van der Waals surface area contributed by atoms with E-state index in [-0.39, 0.29) is 30.7 Å². The topological polar surface area (TPSA) is 65.5 Å². The summed E-state index contributed by atoms with van der Waals surface area (Å²) in [5.41, 5.74) is 2.34. The predicted octanol–water partition coefficient (Wildman–Crippen LogP) is 4.18. The van der Waals surface area contributed by atoms with Crippen LogP contribution in [0.15, 0.2) is 48.5 Å². The van der Waals surface area contributed by atoms with Gasteiger partial charge in [-0.2, -0.15) is 0 Å². The number of anilines is 1. The number of carbonyl (C=O) groups excluding carboxylic acids is 1. The molecule has 3 fully saturated rings. The van der Waals surface area contributed by atoms with Gasteiger partial charge in [0.25, 0.3) is 0 Å². The van der Waals surface area contributed by atoms with Crippen molar-refractivity contribution in [3.8, 4) is 11.5 Å². The molecule has 1 saturated carbocycles. The fourth-order valence-corrected chi connectivity index (χ4v) is 5.88. The van der Waals surface area contributed by atoms with Gasteiger partial charge in [0.1, 0.15) is 0 Å². The van der Waals surface area contributed by atoms with Gasteiger partial charge in [0, 0.05) is 57.0 Å². The first-order valence-corrected chi connectivity index (χ1v) is 13.4. The van der Waals surface area contributed by atoms with Gasteiger partial charge in [-0.05, 0) is 56.2 Å². The molecule has 1 N–H and O–H groups in total. The summed E-state index contributed by atoms with van der Waals surface area (Å²) in [6, 6.07) is 16.8. The zero-order valence-corrected chi connectivity index (χ0v) is 21.3. The zero-order chi connectivity index (χ0) is 24.9. The highest BCUT2D eigenvalue weighted by atomic mass is 16.5. The second-order valence-electron chi connectivity index (χ2n) is 10.4. The van der Waals surface area contributed by atoms with Crippen molar-refractivity contribution in [1.82, 2.24) is 9.80 Å². The summed E-state index contributed by atoms with van der Waals surface area (Å²) in [6.45, 7) is 3.71. The lowest BCUT2D eigenvalue weighted by molar-refractivity contribution is 0.131. The van der Waals surface area contributed by atoms with E-state index in [1.807, 2.05) is 17.0 Å². The second kappa shape index (κ2) is 11.4. The van der Waals surface area contributed by atoms with E-state index in [0.717, 1.165) is 62.5 Å². The van der Waals surface area contributed by atoms with Gasteiger partial charge in [-0.3, -0.25) is 0 Å². The average Bonchev–Trinajstić information content (AvgIpc) is 3.61. The molecule has 2 aliphatic heterocycles. The Bertz CT molecular complexity index is 1010. The number of ether oxygens (including phenoxy) is 2. The quantitative estimate of drug-likeness (QED) is 0.627. The Morgan fingerprint density at radius 1 is 0.972 bits per heavy atom. The van der Waals surface area contributed by atoms with Crippen LogP contribution in [0.5, 0.6) is 11.5 Å². The molecule has 7 heteroatoms. The first kappa shape index (κ1) is 24.8. The lowest BCUT2D eigenvalue weighted by atomic mass is 10.0. The Kier molecular flexibility index (Phi) is 7.85. The van der Waals surface area contributed by atoms with Gasteiger partial charge in [0.2, 0.25) is 0 Å². The Balaban J connectivity index is 1.35. The van der Waals surface area contributed by atoms with Crippen LogP contribution in [0.4, 0.5) is 10.5 Å². The van der Waals surface area contributed by atoms with Crippen molar-refractivity contribution in [2.24, 2.45) is 5.92 Å². The summed E-state index contributed by atoms with van der Waals surface area (Å²) in [7, 11) is 1.69. The molecule has 5 rings (SSSR count). The molecule has 2 atom stereocenters. The number of benzene rings is 2. The molecule has 1 aliphatic carbocycles. The van der Waals surface area contributed by atoms with Crippen LogP contribution in [-0.4, -0.2) is 79.5 Å². The number of hydrogen-bond acceptors (Lipinski definition) is 5. The van der Waals surface area contributed by atoms with Gasteiger partial charge in [-0.15, -0.1) is 0 Å². The molecule has 3 aliphatic rings. The van der Waals surface area contributed by atoms with Crippen LogP contribution in [0.25, 0.3) is 0 Å². The van der Waals surface area contributed by atoms with Crippen LogP contribution < -0.4 is 14.4 Å². The minimum Gasteiger partial charge on any atom is -0.493 e. The summed E-state index contributed by atoms with van der Waals surface area (Å²) in [5.74, 6) is 1.78. The van der Waals surface area contributed by atoms with Gasteiger partial charge in [-0.25, -0.2) is 4.79 Å². The molecule has 0 radical (unpaired) electrons. The highest BCUT2D eigenvalue weighted by Gasteiger charge is 2.36. The smallest absolute Gasteiger partial charge is 0.320 e. The third-order valence-corrected chi connectivity index (χ3v) is 7.97. The lowest BCUT2D eigenvalue weighted by Crippen LogP contribution is -2.58. The van der Waals surface area contributed by atoms with E-state index >= 15 is 0 Å². The molecule has 2 aromatic rings.